The zero-order chi connectivity index (χ0) is 24.6. The van der Waals surface area contributed by atoms with Gasteiger partial charge in [-0.2, -0.15) is 0 Å². The summed E-state index contributed by atoms with van der Waals surface area (Å²) in [6.07, 6.45) is 0. The highest BCUT2D eigenvalue weighted by Crippen LogP contribution is 2.39. The third-order valence-electron chi connectivity index (χ3n) is 6.31. The molecule has 0 aliphatic rings. The Morgan fingerprint density at radius 2 is 1.48 bits per heavy atom. The average molecular weight is 446 g/mol. The van der Waals surface area contributed by atoms with Crippen molar-refractivity contribution in [2.24, 2.45) is 10.9 Å². The van der Waals surface area contributed by atoms with Crippen LogP contribution >= 0.6 is 0 Å². The molecule has 0 aromatic heterocycles. The molecule has 0 heterocycles. The van der Waals surface area contributed by atoms with Crippen molar-refractivity contribution in [2.45, 2.75) is 72.3 Å². The smallest absolute Gasteiger partial charge is 0.128 e. The predicted molar refractivity (Wildman–Crippen MR) is 141 cm³/mol. The Balaban J connectivity index is 2.38. The van der Waals surface area contributed by atoms with Crippen LogP contribution in [-0.4, -0.2) is 28.6 Å². The molecule has 0 radical (unpaired) electrons. The van der Waals surface area contributed by atoms with E-state index in [0.717, 1.165) is 38.7 Å². The molecule has 2 N–H and O–H groups in total. The SMILES string of the molecule is CC(C)[C@@H](CO)N=C(c1ccc2ccccc2c1)c1cc(C(C)(C)C)cc(C(C)(C)C)c1O. The first kappa shape index (κ1) is 25.0. The van der Waals surface area contributed by atoms with Crippen LogP contribution in [0.5, 0.6) is 5.75 Å². The van der Waals surface area contributed by atoms with Gasteiger partial charge in [-0.1, -0.05) is 97.9 Å². The summed E-state index contributed by atoms with van der Waals surface area (Å²) in [5, 5.41) is 23.9. The van der Waals surface area contributed by atoms with Crippen LogP contribution in [0.4, 0.5) is 0 Å². The van der Waals surface area contributed by atoms with Gasteiger partial charge in [0.2, 0.25) is 0 Å². The molecule has 0 fully saturated rings. The summed E-state index contributed by atoms with van der Waals surface area (Å²) in [5.41, 5.74) is 4.12. The van der Waals surface area contributed by atoms with Crippen LogP contribution in [0.25, 0.3) is 10.8 Å². The number of phenolic OH excluding ortho intramolecular Hbond substituents is 1. The highest BCUT2D eigenvalue weighted by atomic mass is 16.3. The quantitative estimate of drug-likeness (QED) is 0.416. The first-order valence-electron chi connectivity index (χ1n) is 11.9. The molecule has 0 unspecified atom stereocenters. The number of phenols is 1. The molecule has 0 saturated carbocycles. The van der Waals surface area contributed by atoms with Gasteiger partial charge in [0.25, 0.3) is 0 Å². The maximum atomic E-state index is 11.5. The van der Waals surface area contributed by atoms with Crippen LogP contribution in [0.3, 0.4) is 0 Å². The summed E-state index contributed by atoms with van der Waals surface area (Å²) in [6.45, 7) is 17.0. The molecule has 176 valence electrons. The van der Waals surface area contributed by atoms with E-state index in [0.29, 0.717) is 0 Å². The van der Waals surface area contributed by atoms with Gasteiger partial charge in [-0.05, 0) is 45.2 Å². The van der Waals surface area contributed by atoms with Crippen molar-refractivity contribution >= 4 is 16.5 Å². The fraction of sp³-hybridized carbons (Fsp3) is 0.433. The number of fused-ring (bicyclic) bond motifs is 1. The standard InChI is InChI=1S/C30H39NO2/c1-19(2)26(18-32)31-27(22-14-13-20-11-9-10-12-21(20)15-22)24-16-23(29(3,4)5)17-25(28(24)33)30(6,7)8/h9-17,19,26,32-33H,18H2,1-8H3/t26-/m1/s1. The summed E-state index contributed by atoms with van der Waals surface area (Å²) in [5.74, 6) is 0.434. The fourth-order valence-electron chi connectivity index (χ4n) is 4.02. The molecule has 0 amide bonds. The molecule has 0 bridgehead atoms. The first-order chi connectivity index (χ1) is 15.3. The maximum Gasteiger partial charge on any atom is 0.128 e. The minimum absolute atomic E-state index is 0.0411. The van der Waals surface area contributed by atoms with E-state index >= 15 is 0 Å². The van der Waals surface area contributed by atoms with Crippen molar-refractivity contribution in [3.8, 4) is 5.75 Å². The Morgan fingerprint density at radius 3 is 2.03 bits per heavy atom. The monoisotopic (exact) mass is 445 g/mol. The van der Waals surface area contributed by atoms with E-state index in [9.17, 15) is 10.2 Å². The van der Waals surface area contributed by atoms with Gasteiger partial charge in [0.15, 0.2) is 0 Å². The van der Waals surface area contributed by atoms with E-state index in [1.807, 2.05) is 12.1 Å². The molecule has 0 spiro atoms. The fourth-order valence-corrected chi connectivity index (χ4v) is 4.02. The first-order valence-corrected chi connectivity index (χ1v) is 11.9. The molecule has 3 aromatic carbocycles. The van der Waals surface area contributed by atoms with Gasteiger partial charge in [0, 0.05) is 16.7 Å². The zero-order valence-corrected chi connectivity index (χ0v) is 21.4. The van der Waals surface area contributed by atoms with Crippen LogP contribution in [-0.2, 0) is 10.8 Å². The largest absolute Gasteiger partial charge is 0.507 e. The van der Waals surface area contributed by atoms with Gasteiger partial charge in [0.05, 0.1) is 18.4 Å². The number of rotatable bonds is 5. The Kier molecular flexibility index (Phi) is 7.04. The summed E-state index contributed by atoms with van der Waals surface area (Å²) in [6, 6.07) is 18.5. The lowest BCUT2D eigenvalue weighted by Crippen LogP contribution is -2.22. The van der Waals surface area contributed by atoms with Crippen molar-refractivity contribution in [1.82, 2.24) is 0 Å². The lowest BCUT2D eigenvalue weighted by Gasteiger charge is -2.28. The lowest BCUT2D eigenvalue weighted by atomic mass is 9.78. The number of hydrogen-bond donors (Lipinski definition) is 2. The van der Waals surface area contributed by atoms with Gasteiger partial charge in [-0.15, -0.1) is 0 Å². The number of aliphatic hydroxyl groups is 1. The van der Waals surface area contributed by atoms with Crippen molar-refractivity contribution < 1.29 is 10.2 Å². The molecule has 3 nitrogen and oxygen atoms in total. The average Bonchev–Trinajstić information content (AvgIpc) is 2.73. The molecule has 3 heteroatoms. The summed E-state index contributed by atoms with van der Waals surface area (Å²) >= 11 is 0. The van der Waals surface area contributed by atoms with Crippen LogP contribution in [0.1, 0.15) is 77.6 Å². The number of benzene rings is 3. The number of aromatic hydroxyl groups is 1. The second-order valence-corrected chi connectivity index (χ2v) is 11.5. The molecule has 3 rings (SSSR count). The number of hydrogen-bond acceptors (Lipinski definition) is 3. The van der Waals surface area contributed by atoms with E-state index in [1.54, 1.807) is 0 Å². The minimum Gasteiger partial charge on any atom is -0.507 e. The van der Waals surface area contributed by atoms with Crippen LogP contribution in [0.2, 0.25) is 0 Å². The molecular formula is C30H39NO2. The van der Waals surface area contributed by atoms with Crippen LogP contribution < -0.4 is 0 Å². The van der Waals surface area contributed by atoms with Crippen molar-refractivity contribution in [1.29, 1.82) is 0 Å². The maximum absolute atomic E-state index is 11.5. The van der Waals surface area contributed by atoms with Crippen LogP contribution in [0.15, 0.2) is 59.6 Å². The topological polar surface area (TPSA) is 52.8 Å². The van der Waals surface area contributed by atoms with E-state index in [2.05, 4.69) is 97.9 Å². The Hall–Kier alpha value is -2.65. The second kappa shape index (κ2) is 9.30. The molecule has 3 aromatic rings. The minimum atomic E-state index is -0.262. The van der Waals surface area contributed by atoms with E-state index in [4.69, 9.17) is 4.99 Å². The third kappa shape index (κ3) is 5.47. The summed E-state index contributed by atoms with van der Waals surface area (Å²) in [4.78, 5) is 5.06. The summed E-state index contributed by atoms with van der Waals surface area (Å²) < 4.78 is 0. The highest BCUT2D eigenvalue weighted by molar-refractivity contribution is 6.16. The second-order valence-electron chi connectivity index (χ2n) is 11.5. The predicted octanol–water partition coefficient (Wildman–Crippen LogP) is 6.99. The van der Waals surface area contributed by atoms with E-state index in [1.165, 1.54) is 0 Å². The molecule has 0 saturated heterocycles. The summed E-state index contributed by atoms with van der Waals surface area (Å²) in [7, 11) is 0. The van der Waals surface area contributed by atoms with Gasteiger partial charge in [-0.25, -0.2) is 0 Å². The van der Waals surface area contributed by atoms with Crippen LogP contribution in [0, 0.1) is 5.92 Å². The molecule has 33 heavy (non-hydrogen) atoms. The van der Waals surface area contributed by atoms with Gasteiger partial charge in [-0.3, -0.25) is 4.99 Å². The van der Waals surface area contributed by atoms with Crippen molar-refractivity contribution in [2.75, 3.05) is 6.61 Å². The lowest BCUT2D eigenvalue weighted by molar-refractivity contribution is 0.240. The van der Waals surface area contributed by atoms with Crippen molar-refractivity contribution in [3.63, 3.8) is 0 Å². The van der Waals surface area contributed by atoms with E-state index < -0.39 is 0 Å². The Labute approximate surface area is 199 Å². The molecular weight excluding hydrogens is 406 g/mol. The van der Waals surface area contributed by atoms with Crippen molar-refractivity contribution in [3.05, 3.63) is 76.9 Å². The molecule has 0 aliphatic heterocycles. The van der Waals surface area contributed by atoms with Gasteiger partial charge >= 0.3 is 0 Å². The number of aliphatic imine (C=N–C) groups is 1. The zero-order valence-electron chi connectivity index (χ0n) is 21.4. The van der Waals surface area contributed by atoms with Gasteiger partial charge < -0.3 is 10.2 Å². The highest BCUT2D eigenvalue weighted by Gasteiger charge is 2.27. The normalized spacial score (nSPS) is 14.2. The third-order valence-corrected chi connectivity index (χ3v) is 6.31. The Bertz CT molecular complexity index is 1160. The number of aliphatic hydroxyl groups excluding tert-OH is 1. The number of nitrogens with zero attached hydrogens (tertiary/aromatic N) is 1. The Morgan fingerprint density at radius 1 is 0.848 bits per heavy atom. The van der Waals surface area contributed by atoms with E-state index in [-0.39, 0.29) is 35.1 Å². The molecule has 0 aliphatic carbocycles. The molecule has 1 atom stereocenters. The van der Waals surface area contributed by atoms with Gasteiger partial charge in [0.1, 0.15) is 5.75 Å².